The summed E-state index contributed by atoms with van der Waals surface area (Å²) in [5.41, 5.74) is 2.29. The molecule has 5 rings (SSSR count). The van der Waals surface area contributed by atoms with Gasteiger partial charge in [0.1, 0.15) is 34.9 Å². The number of benzene rings is 2. The Bertz CT molecular complexity index is 1150. The van der Waals surface area contributed by atoms with E-state index in [4.69, 9.17) is 4.52 Å². The van der Waals surface area contributed by atoms with Gasteiger partial charge in [-0.05, 0) is 36.4 Å². The first-order valence-electron chi connectivity index (χ1n) is 9.31. The molecule has 0 aliphatic carbocycles. The van der Waals surface area contributed by atoms with Crippen LogP contribution in [0.4, 0.5) is 20.3 Å². The van der Waals surface area contributed by atoms with Gasteiger partial charge in [0.15, 0.2) is 0 Å². The van der Waals surface area contributed by atoms with Crippen LogP contribution in [0.2, 0.25) is 0 Å². The highest BCUT2D eigenvalue weighted by Crippen LogP contribution is 2.34. The maximum atomic E-state index is 14.1. The predicted octanol–water partition coefficient (Wildman–Crippen LogP) is 3.89. The van der Waals surface area contributed by atoms with E-state index in [-0.39, 0.29) is 11.6 Å². The minimum Gasteiger partial charge on any atom is -0.366 e. The molecule has 6 nitrogen and oxygen atoms in total. The van der Waals surface area contributed by atoms with Gasteiger partial charge in [-0.25, -0.2) is 13.8 Å². The van der Waals surface area contributed by atoms with Gasteiger partial charge in [-0.2, -0.15) is 4.98 Å². The second kappa shape index (κ2) is 7.12. The van der Waals surface area contributed by atoms with Gasteiger partial charge in [-0.3, -0.25) is 0 Å². The van der Waals surface area contributed by atoms with E-state index in [1.807, 2.05) is 11.0 Å². The van der Waals surface area contributed by atoms with Crippen molar-refractivity contribution in [1.29, 1.82) is 0 Å². The van der Waals surface area contributed by atoms with Crippen molar-refractivity contribution in [3.63, 3.8) is 0 Å². The SMILES string of the molecule is Fc1ccc(-c2noc3ncnc(N4CCN(c5ccccc5F)CC4)c23)cc1. The molecule has 146 valence electrons. The highest BCUT2D eigenvalue weighted by molar-refractivity contribution is 5.97. The molecule has 0 atom stereocenters. The Hall–Kier alpha value is -3.55. The summed E-state index contributed by atoms with van der Waals surface area (Å²) in [5.74, 6) is 0.175. The summed E-state index contributed by atoms with van der Waals surface area (Å²) in [4.78, 5) is 12.8. The lowest BCUT2D eigenvalue weighted by Gasteiger charge is -2.36. The third-order valence-electron chi connectivity index (χ3n) is 5.14. The van der Waals surface area contributed by atoms with E-state index in [1.165, 1.54) is 24.5 Å². The van der Waals surface area contributed by atoms with Crippen LogP contribution < -0.4 is 9.80 Å². The van der Waals surface area contributed by atoms with Crippen molar-refractivity contribution >= 4 is 22.6 Å². The van der Waals surface area contributed by atoms with E-state index in [0.29, 0.717) is 54.5 Å². The molecule has 0 bridgehead atoms. The molecule has 8 heteroatoms. The van der Waals surface area contributed by atoms with Crippen LogP contribution >= 0.6 is 0 Å². The van der Waals surface area contributed by atoms with Crippen LogP contribution in [0.15, 0.2) is 59.4 Å². The van der Waals surface area contributed by atoms with E-state index in [9.17, 15) is 8.78 Å². The van der Waals surface area contributed by atoms with Gasteiger partial charge in [-0.15, -0.1) is 0 Å². The number of aromatic nitrogens is 3. The fourth-order valence-corrected chi connectivity index (χ4v) is 3.68. The normalized spacial score (nSPS) is 14.6. The molecule has 2 aromatic heterocycles. The summed E-state index contributed by atoms with van der Waals surface area (Å²) in [5, 5.41) is 4.83. The summed E-state index contributed by atoms with van der Waals surface area (Å²) in [6.45, 7) is 2.64. The number of fused-ring (bicyclic) bond motifs is 1. The summed E-state index contributed by atoms with van der Waals surface area (Å²) in [6, 6.07) is 12.9. The highest BCUT2D eigenvalue weighted by Gasteiger charge is 2.25. The van der Waals surface area contributed by atoms with Gasteiger partial charge in [0, 0.05) is 31.7 Å². The summed E-state index contributed by atoms with van der Waals surface area (Å²) in [7, 11) is 0. The van der Waals surface area contributed by atoms with Crippen molar-refractivity contribution in [2.75, 3.05) is 36.0 Å². The Morgan fingerprint density at radius 2 is 1.55 bits per heavy atom. The van der Waals surface area contributed by atoms with Gasteiger partial charge in [-0.1, -0.05) is 17.3 Å². The molecule has 4 aromatic rings. The van der Waals surface area contributed by atoms with Crippen molar-refractivity contribution in [2.45, 2.75) is 0 Å². The van der Waals surface area contributed by atoms with E-state index in [0.717, 1.165) is 5.56 Å². The molecule has 1 aliphatic rings. The first-order chi connectivity index (χ1) is 14.2. The maximum absolute atomic E-state index is 14.1. The van der Waals surface area contributed by atoms with Crippen LogP contribution in [0, 0.1) is 11.6 Å². The number of para-hydroxylation sites is 1. The highest BCUT2D eigenvalue weighted by atomic mass is 19.1. The van der Waals surface area contributed by atoms with Crippen LogP contribution in [0.25, 0.3) is 22.4 Å². The largest absolute Gasteiger partial charge is 0.366 e. The molecular formula is C21H17F2N5O. The molecule has 1 aliphatic heterocycles. The number of halogens is 2. The number of hydrogen-bond donors (Lipinski definition) is 0. The summed E-state index contributed by atoms with van der Waals surface area (Å²) >= 11 is 0. The lowest BCUT2D eigenvalue weighted by molar-refractivity contribution is 0.451. The Kier molecular flexibility index (Phi) is 4.31. The number of anilines is 2. The molecule has 1 saturated heterocycles. The Labute approximate surface area is 165 Å². The van der Waals surface area contributed by atoms with Crippen molar-refractivity contribution < 1.29 is 13.3 Å². The molecule has 29 heavy (non-hydrogen) atoms. The monoisotopic (exact) mass is 393 g/mol. The second-order valence-corrected chi connectivity index (χ2v) is 6.84. The third-order valence-corrected chi connectivity index (χ3v) is 5.14. The Morgan fingerprint density at radius 3 is 2.31 bits per heavy atom. The molecular weight excluding hydrogens is 376 g/mol. The van der Waals surface area contributed by atoms with Gasteiger partial charge >= 0.3 is 0 Å². The van der Waals surface area contributed by atoms with Gasteiger partial charge < -0.3 is 14.3 Å². The molecule has 0 radical (unpaired) electrons. The number of hydrogen-bond acceptors (Lipinski definition) is 6. The van der Waals surface area contributed by atoms with E-state index >= 15 is 0 Å². The standard InChI is InChI=1S/C21H17F2N5O/c22-15-7-5-14(6-8-15)19-18-20(24-13-25-21(18)29-26-19)28-11-9-27(10-12-28)17-4-2-1-3-16(17)23/h1-8,13H,9-12H2. The minimum atomic E-state index is -0.317. The van der Waals surface area contributed by atoms with E-state index in [1.54, 1.807) is 24.3 Å². The van der Waals surface area contributed by atoms with Gasteiger partial charge in [0.05, 0.1) is 5.69 Å². The predicted molar refractivity (Wildman–Crippen MR) is 106 cm³/mol. The smallest absolute Gasteiger partial charge is 0.263 e. The average Bonchev–Trinajstić information content (AvgIpc) is 3.19. The fourth-order valence-electron chi connectivity index (χ4n) is 3.68. The van der Waals surface area contributed by atoms with Crippen LogP contribution in [0.5, 0.6) is 0 Å². The zero-order chi connectivity index (χ0) is 19.8. The number of piperazine rings is 1. The summed E-state index contributed by atoms with van der Waals surface area (Å²) < 4.78 is 32.8. The number of rotatable bonds is 3. The summed E-state index contributed by atoms with van der Waals surface area (Å²) in [6.07, 6.45) is 1.44. The molecule has 0 N–H and O–H groups in total. The van der Waals surface area contributed by atoms with Crippen molar-refractivity contribution in [3.05, 3.63) is 66.5 Å². The van der Waals surface area contributed by atoms with E-state index in [2.05, 4.69) is 20.0 Å². The molecule has 1 fully saturated rings. The Balaban J connectivity index is 1.46. The van der Waals surface area contributed by atoms with Crippen LogP contribution in [-0.2, 0) is 0 Å². The third kappa shape index (κ3) is 3.16. The molecule has 2 aromatic carbocycles. The fraction of sp³-hybridized carbons (Fsp3) is 0.190. The number of nitrogens with zero attached hydrogens (tertiary/aromatic N) is 5. The average molecular weight is 393 g/mol. The Morgan fingerprint density at radius 1 is 0.828 bits per heavy atom. The van der Waals surface area contributed by atoms with Crippen molar-refractivity contribution in [3.8, 4) is 11.3 Å². The molecule has 3 heterocycles. The minimum absolute atomic E-state index is 0.219. The zero-order valence-electron chi connectivity index (χ0n) is 15.4. The van der Waals surface area contributed by atoms with Crippen LogP contribution in [-0.4, -0.2) is 41.3 Å². The van der Waals surface area contributed by atoms with Gasteiger partial charge in [0.2, 0.25) is 0 Å². The second-order valence-electron chi connectivity index (χ2n) is 6.84. The molecule has 0 saturated carbocycles. The van der Waals surface area contributed by atoms with Crippen LogP contribution in [0.3, 0.4) is 0 Å². The quantitative estimate of drug-likeness (QED) is 0.526. The topological polar surface area (TPSA) is 58.3 Å². The van der Waals surface area contributed by atoms with E-state index < -0.39 is 0 Å². The lowest BCUT2D eigenvalue weighted by atomic mass is 10.1. The van der Waals surface area contributed by atoms with Crippen molar-refractivity contribution in [1.82, 2.24) is 15.1 Å². The van der Waals surface area contributed by atoms with Crippen molar-refractivity contribution in [2.24, 2.45) is 0 Å². The molecule has 0 spiro atoms. The zero-order valence-corrected chi connectivity index (χ0v) is 15.4. The first-order valence-corrected chi connectivity index (χ1v) is 9.31. The first kappa shape index (κ1) is 17.5. The van der Waals surface area contributed by atoms with Crippen LogP contribution in [0.1, 0.15) is 0 Å². The maximum Gasteiger partial charge on any atom is 0.263 e. The lowest BCUT2D eigenvalue weighted by Crippen LogP contribution is -2.47. The molecule has 0 unspecified atom stereocenters. The molecule has 0 amide bonds. The van der Waals surface area contributed by atoms with Gasteiger partial charge in [0.25, 0.3) is 5.71 Å².